The molecule has 26 heavy (non-hydrogen) atoms. The Morgan fingerprint density at radius 2 is 2.04 bits per heavy atom. The highest BCUT2D eigenvalue weighted by atomic mass is 127. The first-order valence-corrected chi connectivity index (χ1v) is 10.7. The average Bonchev–Trinajstić information content (AvgIpc) is 2.57. The van der Waals surface area contributed by atoms with Crippen LogP contribution in [0.5, 0.6) is 0 Å². The van der Waals surface area contributed by atoms with Gasteiger partial charge >= 0.3 is 0 Å². The highest BCUT2D eigenvalue weighted by Gasteiger charge is 2.24. The van der Waals surface area contributed by atoms with Crippen LogP contribution < -0.4 is 5.32 Å². The number of halogens is 2. The van der Waals surface area contributed by atoms with E-state index in [9.17, 15) is 0 Å². The number of hydrogen-bond donors (Lipinski definition) is 1. The molecule has 0 unspecified atom stereocenters. The molecule has 2 nitrogen and oxygen atoms in total. The van der Waals surface area contributed by atoms with Gasteiger partial charge in [-0.25, -0.2) is 4.98 Å². The van der Waals surface area contributed by atoms with Crippen molar-refractivity contribution in [2.45, 2.75) is 40.0 Å². The lowest BCUT2D eigenvalue weighted by Crippen LogP contribution is -2.20. The summed E-state index contributed by atoms with van der Waals surface area (Å²) in [5.41, 5.74) is 5.96. The number of aryl methyl sites for hydroxylation is 1. The van der Waals surface area contributed by atoms with Crippen molar-refractivity contribution in [2.24, 2.45) is 5.41 Å². The van der Waals surface area contributed by atoms with Crippen LogP contribution in [0.1, 0.15) is 49.8 Å². The van der Waals surface area contributed by atoms with Crippen molar-refractivity contribution >= 4 is 49.9 Å². The molecule has 4 heteroatoms. The number of anilines is 1. The molecular weight excluding hydrogens is 499 g/mol. The molecule has 0 bridgehead atoms. The summed E-state index contributed by atoms with van der Waals surface area (Å²) in [5, 5.41) is 3.60. The van der Waals surface area contributed by atoms with Gasteiger partial charge in [-0.1, -0.05) is 50.8 Å². The maximum Gasteiger partial charge on any atom is 0.139 e. The minimum atomic E-state index is 0.324. The molecule has 0 atom stereocenters. The van der Waals surface area contributed by atoms with Crippen LogP contribution in [0.25, 0.3) is 5.57 Å². The first-order chi connectivity index (χ1) is 12.3. The molecule has 136 valence electrons. The molecule has 0 spiro atoms. The Morgan fingerprint density at radius 3 is 2.73 bits per heavy atom. The fraction of sp³-hybridized carbons (Fsp3) is 0.318. The molecule has 0 radical (unpaired) electrons. The third kappa shape index (κ3) is 4.22. The summed E-state index contributed by atoms with van der Waals surface area (Å²) < 4.78 is 2.12. The van der Waals surface area contributed by atoms with E-state index < -0.39 is 0 Å². The van der Waals surface area contributed by atoms with Gasteiger partial charge in [-0.3, -0.25) is 0 Å². The van der Waals surface area contributed by atoms with E-state index in [2.05, 4.69) is 102 Å². The summed E-state index contributed by atoms with van der Waals surface area (Å²) in [5.74, 6) is 0.870. The van der Waals surface area contributed by atoms with E-state index in [1.165, 1.54) is 17.7 Å². The van der Waals surface area contributed by atoms with Crippen LogP contribution >= 0.6 is 38.5 Å². The molecule has 1 N–H and O–H groups in total. The van der Waals surface area contributed by atoms with Crippen LogP contribution in [0.4, 0.5) is 5.82 Å². The smallest absolute Gasteiger partial charge is 0.139 e. The number of nitrogens with one attached hydrogen (secondary N) is 1. The van der Waals surface area contributed by atoms with Gasteiger partial charge in [0.15, 0.2) is 0 Å². The van der Waals surface area contributed by atoms with Crippen LogP contribution in [-0.4, -0.2) is 4.98 Å². The van der Waals surface area contributed by atoms with E-state index in [0.717, 1.165) is 43.4 Å². The molecule has 2 aromatic rings. The zero-order chi connectivity index (χ0) is 18.9. The van der Waals surface area contributed by atoms with Gasteiger partial charge in [-0.15, -0.1) is 0 Å². The largest absolute Gasteiger partial charge is 0.344 e. The molecular formula is C22H24BrIN2. The molecule has 0 amide bonds. The third-order valence-corrected chi connectivity index (χ3v) is 7.29. The second-order valence-corrected chi connectivity index (χ2v) is 9.63. The molecule has 0 aliphatic heterocycles. The third-order valence-electron chi connectivity index (χ3n) is 4.90. The van der Waals surface area contributed by atoms with Gasteiger partial charge in [0.25, 0.3) is 0 Å². The second kappa shape index (κ2) is 7.85. The summed E-state index contributed by atoms with van der Waals surface area (Å²) in [4.78, 5) is 4.71. The van der Waals surface area contributed by atoms with Gasteiger partial charge in [0.1, 0.15) is 5.82 Å². The van der Waals surface area contributed by atoms with E-state index in [1.807, 2.05) is 6.20 Å². The molecule has 0 saturated carbocycles. The lowest BCUT2D eigenvalue weighted by Gasteiger charge is -2.30. The van der Waals surface area contributed by atoms with Crippen LogP contribution in [0.2, 0.25) is 0 Å². The predicted octanol–water partition coefficient (Wildman–Crippen LogP) is 7.32. The number of pyridine rings is 1. The molecule has 1 aliphatic carbocycles. The van der Waals surface area contributed by atoms with E-state index >= 15 is 0 Å². The van der Waals surface area contributed by atoms with E-state index in [1.54, 1.807) is 0 Å². The fourth-order valence-electron chi connectivity index (χ4n) is 3.44. The van der Waals surface area contributed by atoms with Gasteiger partial charge in [0.05, 0.1) is 0 Å². The molecule has 1 heterocycles. The first kappa shape index (κ1) is 19.6. The molecule has 1 aliphatic rings. The van der Waals surface area contributed by atoms with E-state index in [0.29, 0.717) is 5.41 Å². The topological polar surface area (TPSA) is 24.9 Å². The Kier molecular flexibility index (Phi) is 5.92. The molecule has 1 aromatic carbocycles. The number of benzene rings is 1. The van der Waals surface area contributed by atoms with Crippen LogP contribution in [0.15, 0.2) is 53.3 Å². The van der Waals surface area contributed by atoms with Crippen molar-refractivity contribution in [1.29, 1.82) is 0 Å². The summed E-state index contributed by atoms with van der Waals surface area (Å²) in [6, 6.07) is 8.36. The normalized spacial score (nSPS) is 16.1. The van der Waals surface area contributed by atoms with Gasteiger partial charge in [-0.05, 0) is 86.8 Å². The van der Waals surface area contributed by atoms with Crippen molar-refractivity contribution < 1.29 is 0 Å². The van der Waals surface area contributed by atoms with Gasteiger partial charge < -0.3 is 5.32 Å². The highest BCUT2D eigenvalue weighted by Crippen LogP contribution is 2.40. The quantitative estimate of drug-likeness (QED) is 0.425. The van der Waals surface area contributed by atoms with Crippen LogP contribution in [0, 0.1) is 15.9 Å². The zero-order valence-corrected chi connectivity index (χ0v) is 19.2. The van der Waals surface area contributed by atoms with Crippen LogP contribution in [0.3, 0.4) is 0 Å². The molecule has 0 saturated heterocycles. The number of hydrogen-bond acceptors (Lipinski definition) is 2. The lowest BCUT2D eigenvalue weighted by molar-refractivity contribution is 0.321. The molecule has 3 rings (SSSR count). The molecule has 1 aromatic heterocycles. The van der Waals surface area contributed by atoms with Crippen molar-refractivity contribution in [3.63, 3.8) is 0 Å². The van der Waals surface area contributed by atoms with E-state index in [4.69, 9.17) is 4.98 Å². The Bertz CT molecular complexity index is 884. The number of aromatic nitrogens is 1. The lowest BCUT2D eigenvalue weighted by atomic mass is 9.79. The number of rotatable bonds is 4. The maximum absolute atomic E-state index is 4.71. The highest BCUT2D eigenvalue weighted by molar-refractivity contribution is 14.1. The Morgan fingerprint density at radius 1 is 1.31 bits per heavy atom. The van der Waals surface area contributed by atoms with Crippen molar-refractivity contribution in [2.75, 3.05) is 5.32 Å². The Hall–Kier alpha value is -1.14. The number of nitrogens with zero attached hydrogens (tertiary/aromatic N) is 1. The zero-order valence-electron chi connectivity index (χ0n) is 15.5. The van der Waals surface area contributed by atoms with Crippen molar-refractivity contribution in [3.05, 3.63) is 73.5 Å². The monoisotopic (exact) mass is 522 g/mol. The van der Waals surface area contributed by atoms with Crippen LogP contribution in [-0.2, 0) is 0 Å². The van der Waals surface area contributed by atoms with Gasteiger partial charge in [0.2, 0.25) is 0 Å². The Balaban J connectivity index is 2.02. The van der Waals surface area contributed by atoms with Crippen molar-refractivity contribution in [3.8, 4) is 0 Å². The Labute approximate surface area is 178 Å². The SMILES string of the molecule is C=C(c1ccccc1C)c1c(NC2=CCCC(C)(C)C2)ncc(I)c1Br. The summed E-state index contributed by atoms with van der Waals surface area (Å²) in [6.07, 6.45) is 7.57. The molecule has 0 fully saturated rings. The summed E-state index contributed by atoms with van der Waals surface area (Å²) >= 11 is 6.08. The summed E-state index contributed by atoms with van der Waals surface area (Å²) in [6.45, 7) is 11.2. The standard InChI is InChI=1S/C22H24BrIN2/c1-14-8-5-6-10-17(14)15(2)19-20(23)18(24)13-25-21(19)26-16-9-7-11-22(3,4)12-16/h5-6,8-10,13H,2,7,11-12H2,1,3-4H3,(H,25,26). The van der Waals surface area contributed by atoms with E-state index in [-0.39, 0.29) is 0 Å². The second-order valence-electron chi connectivity index (χ2n) is 7.67. The maximum atomic E-state index is 4.71. The minimum Gasteiger partial charge on any atom is -0.344 e. The predicted molar refractivity (Wildman–Crippen MR) is 123 cm³/mol. The number of allylic oxidation sites excluding steroid dienone is 2. The minimum absolute atomic E-state index is 0.324. The fourth-order valence-corrected chi connectivity index (χ4v) is 4.38. The van der Waals surface area contributed by atoms with Gasteiger partial charge in [-0.2, -0.15) is 0 Å². The van der Waals surface area contributed by atoms with Crippen molar-refractivity contribution in [1.82, 2.24) is 4.98 Å². The average molecular weight is 523 g/mol. The van der Waals surface area contributed by atoms with Gasteiger partial charge in [0, 0.05) is 25.5 Å². The first-order valence-electron chi connectivity index (χ1n) is 8.84. The summed E-state index contributed by atoms with van der Waals surface area (Å²) in [7, 11) is 0.